The van der Waals surface area contributed by atoms with E-state index in [9.17, 15) is 13.2 Å². The average molecular weight is 360 g/mol. The van der Waals surface area contributed by atoms with Crippen LogP contribution in [0.15, 0.2) is 29.3 Å². The van der Waals surface area contributed by atoms with Crippen molar-refractivity contribution in [1.82, 2.24) is 0 Å². The fraction of sp³-hybridized carbons (Fsp3) is 0.500. The number of thioether (sulfide) groups is 1. The van der Waals surface area contributed by atoms with Crippen molar-refractivity contribution in [2.45, 2.75) is 39.1 Å². The number of anilines is 1. The Kier molecular flexibility index (Phi) is 5.11. The fourth-order valence-corrected chi connectivity index (χ4v) is 3.20. The quantitative estimate of drug-likeness (QED) is 0.626. The smallest absolute Gasteiger partial charge is 0.320 e. The Morgan fingerprint density at radius 1 is 1.30 bits per heavy atom. The number of aliphatic imine (C=N–C) groups is 1. The normalized spacial score (nSPS) is 21.1. The van der Waals surface area contributed by atoms with Gasteiger partial charge >= 0.3 is 6.18 Å². The molecule has 1 fully saturated rings. The van der Waals surface area contributed by atoms with Crippen LogP contribution >= 0.6 is 24.0 Å². The molecule has 0 radical (unpaired) electrons. The highest BCUT2D eigenvalue weighted by Gasteiger charge is 2.33. The molecular weight excluding hydrogens is 341 g/mol. The summed E-state index contributed by atoms with van der Waals surface area (Å²) < 4.78 is 38.8. The standard InChI is InChI=1S/C16H19F3N2S2/c1-10-9-21(14(23-10)20-13(22)15(2,3)4)12-7-5-6-11(8-12)16(17,18)19/h5-8,10H,9H2,1-4H3. The Balaban J connectivity index is 2.37. The number of alkyl halides is 3. The second-order valence-electron chi connectivity index (χ2n) is 6.54. The summed E-state index contributed by atoms with van der Waals surface area (Å²) in [5.74, 6) is 0. The number of amidine groups is 1. The van der Waals surface area contributed by atoms with Crippen molar-refractivity contribution >= 4 is 39.8 Å². The van der Waals surface area contributed by atoms with Crippen LogP contribution in [0.1, 0.15) is 33.3 Å². The minimum Gasteiger partial charge on any atom is -0.320 e. The largest absolute Gasteiger partial charge is 0.416 e. The van der Waals surface area contributed by atoms with Gasteiger partial charge in [-0.25, -0.2) is 4.99 Å². The predicted molar refractivity (Wildman–Crippen MR) is 95.3 cm³/mol. The molecule has 0 N–H and O–H groups in total. The molecule has 23 heavy (non-hydrogen) atoms. The number of thiocarbonyl (C=S) groups is 1. The van der Waals surface area contributed by atoms with Crippen LogP contribution in [0.2, 0.25) is 0 Å². The van der Waals surface area contributed by atoms with Gasteiger partial charge in [0.25, 0.3) is 0 Å². The first-order valence-electron chi connectivity index (χ1n) is 7.23. The van der Waals surface area contributed by atoms with Gasteiger partial charge in [-0.2, -0.15) is 13.2 Å². The van der Waals surface area contributed by atoms with Crippen LogP contribution in [0.25, 0.3) is 0 Å². The maximum atomic E-state index is 12.9. The van der Waals surface area contributed by atoms with Crippen LogP contribution in [0, 0.1) is 5.41 Å². The molecule has 1 aliphatic heterocycles. The summed E-state index contributed by atoms with van der Waals surface area (Å²) in [7, 11) is 0. The molecule has 1 unspecified atom stereocenters. The third-order valence-corrected chi connectivity index (χ3v) is 5.08. The highest BCUT2D eigenvalue weighted by atomic mass is 32.2. The molecule has 0 amide bonds. The van der Waals surface area contributed by atoms with E-state index in [1.54, 1.807) is 6.07 Å². The summed E-state index contributed by atoms with van der Waals surface area (Å²) in [6, 6.07) is 5.33. The van der Waals surface area contributed by atoms with Crippen LogP contribution in [-0.4, -0.2) is 22.0 Å². The molecule has 126 valence electrons. The summed E-state index contributed by atoms with van der Waals surface area (Å²) in [6.07, 6.45) is -4.35. The van der Waals surface area contributed by atoms with E-state index in [1.807, 2.05) is 32.6 Å². The summed E-state index contributed by atoms with van der Waals surface area (Å²) in [5, 5.41) is 0.905. The molecule has 2 rings (SSSR count). The highest BCUT2D eigenvalue weighted by molar-refractivity contribution is 8.15. The van der Waals surface area contributed by atoms with Crippen LogP contribution in [0.4, 0.5) is 18.9 Å². The van der Waals surface area contributed by atoms with E-state index in [1.165, 1.54) is 17.8 Å². The molecule has 1 aromatic rings. The van der Waals surface area contributed by atoms with Gasteiger partial charge in [-0.05, 0) is 18.2 Å². The summed E-state index contributed by atoms with van der Waals surface area (Å²) in [4.78, 5) is 6.86. The Labute approximate surface area is 144 Å². The first-order valence-corrected chi connectivity index (χ1v) is 8.52. The van der Waals surface area contributed by atoms with Gasteiger partial charge in [0, 0.05) is 22.9 Å². The van der Waals surface area contributed by atoms with Gasteiger partial charge in [-0.15, -0.1) is 0 Å². The van der Waals surface area contributed by atoms with Gasteiger partial charge in [-0.3, -0.25) is 0 Å². The zero-order valence-corrected chi connectivity index (χ0v) is 15.1. The Morgan fingerprint density at radius 3 is 2.52 bits per heavy atom. The maximum Gasteiger partial charge on any atom is 0.416 e. The number of benzene rings is 1. The topological polar surface area (TPSA) is 15.6 Å². The lowest BCUT2D eigenvalue weighted by molar-refractivity contribution is -0.137. The molecule has 0 saturated carbocycles. The molecule has 0 bridgehead atoms. The zero-order chi connectivity index (χ0) is 17.4. The van der Waals surface area contributed by atoms with E-state index in [4.69, 9.17) is 12.2 Å². The minimum atomic E-state index is -4.35. The Bertz CT molecular complexity index is 633. The molecule has 0 aliphatic carbocycles. The minimum absolute atomic E-state index is 0.242. The number of hydrogen-bond acceptors (Lipinski definition) is 2. The van der Waals surface area contributed by atoms with Crippen LogP contribution in [0.3, 0.4) is 0 Å². The fourth-order valence-electron chi connectivity index (χ4n) is 2.02. The lowest BCUT2D eigenvalue weighted by atomic mass is 9.97. The van der Waals surface area contributed by atoms with Crippen molar-refractivity contribution in [3.05, 3.63) is 29.8 Å². The molecular formula is C16H19F3N2S2. The van der Waals surface area contributed by atoms with Gasteiger partial charge < -0.3 is 4.90 Å². The Morgan fingerprint density at radius 2 is 1.96 bits per heavy atom. The van der Waals surface area contributed by atoms with E-state index >= 15 is 0 Å². The van der Waals surface area contributed by atoms with Crippen molar-refractivity contribution in [2.24, 2.45) is 10.4 Å². The second-order valence-corrected chi connectivity index (χ2v) is 8.33. The number of rotatable bonds is 1. The third-order valence-electron chi connectivity index (χ3n) is 3.30. The molecule has 1 saturated heterocycles. The van der Waals surface area contributed by atoms with Gasteiger partial charge in [0.2, 0.25) is 0 Å². The molecule has 2 nitrogen and oxygen atoms in total. The first kappa shape index (κ1) is 18.3. The first-order chi connectivity index (χ1) is 10.5. The maximum absolute atomic E-state index is 12.9. The third kappa shape index (κ3) is 4.47. The number of nitrogens with zero attached hydrogens (tertiary/aromatic N) is 2. The van der Waals surface area contributed by atoms with Gasteiger partial charge in [0.05, 0.1) is 5.56 Å². The molecule has 0 spiro atoms. The van der Waals surface area contributed by atoms with Crippen molar-refractivity contribution in [3.63, 3.8) is 0 Å². The van der Waals surface area contributed by atoms with Gasteiger partial charge in [0.1, 0.15) is 4.99 Å². The highest BCUT2D eigenvalue weighted by Crippen LogP contribution is 2.35. The average Bonchev–Trinajstić information content (AvgIpc) is 2.78. The number of halogens is 3. The molecule has 1 heterocycles. The molecule has 1 aliphatic rings. The van der Waals surface area contributed by atoms with Crippen molar-refractivity contribution in [1.29, 1.82) is 0 Å². The van der Waals surface area contributed by atoms with Crippen LogP contribution in [0.5, 0.6) is 0 Å². The van der Waals surface area contributed by atoms with E-state index in [0.29, 0.717) is 22.4 Å². The molecule has 7 heteroatoms. The van der Waals surface area contributed by atoms with Crippen LogP contribution < -0.4 is 4.90 Å². The van der Waals surface area contributed by atoms with Crippen molar-refractivity contribution in [2.75, 3.05) is 11.4 Å². The van der Waals surface area contributed by atoms with Gasteiger partial charge in [0.15, 0.2) is 5.17 Å². The summed E-state index contributed by atoms with van der Waals surface area (Å²) >= 11 is 6.88. The second kappa shape index (κ2) is 6.43. The monoisotopic (exact) mass is 360 g/mol. The van der Waals surface area contributed by atoms with E-state index in [2.05, 4.69) is 4.99 Å². The van der Waals surface area contributed by atoms with Crippen molar-refractivity contribution in [3.8, 4) is 0 Å². The zero-order valence-electron chi connectivity index (χ0n) is 13.4. The van der Waals surface area contributed by atoms with E-state index in [-0.39, 0.29) is 10.7 Å². The molecule has 1 aromatic carbocycles. The summed E-state index contributed by atoms with van der Waals surface area (Å²) in [6.45, 7) is 8.54. The predicted octanol–water partition coefficient (Wildman–Crippen LogP) is 5.38. The van der Waals surface area contributed by atoms with E-state index < -0.39 is 11.7 Å². The van der Waals surface area contributed by atoms with E-state index in [0.717, 1.165) is 12.1 Å². The van der Waals surface area contributed by atoms with Crippen molar-refractivity contribution < 1.29 is 13.2 Å². The van der Waals surface area contributed by atoms with Gasteiger partial charge in [-0.1, -0.05) is 57.7 Å². The Hall–Kier alpha value is -1.08. The molecule has 1 atom stereocenters. The number of hydrogen-bond donors (Lipinski definition) is 0. The SMILES string of the molecule is CC1CN(c2cccc(C(F)(F)F)c2)C(=NC(=S)C(C)(C)C)S1. The lowest BCUT2D eigenvalue weighted by Gasteiger charge is -2.22. The van der Waals surface area contributed by atoms with Crippen LogP contribution in [-0.2, 0) is 6.18 Å². The molecule has 0 aromatic heterocycles. The lowest BCUT2D eigenvalue weighted by Crippen LogP contribution is -2.27. The summed E-state index contributed by atoms with van der Waals surface area (Å²) in [5.41, 5.74) is -0.418.